The molecule has 1 aliphatic rings. The number of anilines is 1. The molecular weight excluding hydrogens is 576 g/mol. The molecule has 1 aromatic heterocycles. The van der Waals surface area contributed by atoms with E-state index in [1.807, 2.05) is 30.3 Å². The summed E-state index contributed by atoms with van der Waals surface area (Å²) in [6.45, 7) is 1.15. The van der Waals surface area contributed by atoms with Crippen molar-refractivity contribution in [3.63, 3.8) is 0 Å². The van der Waals surface area contributed by atoms with Crippen molar-refractivity contribution in [3.8, 4) is 5.69 Å². The summed E-state index contributed by atoms with van der Waals surface area (Å²) < 4.78 is 0.446. The van der Waals surface area contributed by atoms with Gasteiger partial charge in [-0.25, -0.2) is 9.67 Å². The summed E-state index contributed by atoms with van der Waals surface area (Å²) in [5, 5.41) is 11.9. The molecule has 1 saturated carbocycles. The van der Waals surface area contributed by atoms with Crippen molar-refractivity contribution in [3.05, 3.63) is 105 Å². The quantitative estimate of drug-likeness (QED) is 0.214. The minimum atomic E-state index is -1.25. The van der Waals surface area contributed by atoms with Gasteiger partial charge in [-0.05, 0) is 65.2 Å². The number of hydrogen-bond acceptors (Lipinski definition) is 4. The molecule has 3 aromatic carbocycles. The fourth-order valence-electron chi connectivity index (χ4n) is 4.28. The van der Waals surface area contributed by atoms with Crippen molar-refractivity contribution in [2.45, 2.75) is 23.3 Å². The standard InChI is InChI=1S/C26H20Cl5N5O/c27-18-7-16(8-19(28)10-18)23-24(26(23,30)31)25(37)35-20-3-6-22(29)17(9-20)12-32-11-15-1-4-21(5-2-15)36-14-33-13-34-36/h1-10,13-14,23-24,32H,11-12H2,(H,35,37). The average molecular weight is 596 g/mol. The molecular formula is C26H20Cl5N5O. The molecule has 2 unspecified atom stereocenters. The zero-order valence-corrected chi connectivity index (χ0v) is 22.9. The lowest BCUT2D eigenvalue weighted by Gasteiger charge is -2.11. The van der Waals surface area contributed by atoms with Crippen LogP contribution < -0.4 is 10.6 Å². The van der Waals surface area contributed by atoms with Crippen LogP contribution in [0.3, 0.4) is 0 Å². The second kappa shape index (κ2) is 10.8. The van der Waals surface area contributed by atoms with Gasteiger partial charge in [0.1, 0.15) is 17.0 Å². The first-order valence-electron chi connectivity index (χ1n) is 11.3. The molecule has 1 fully saturated rings. The van der Waals surface area contributed by atoms with Gasteiger partial charge in [-0.3, -0.25) is 4.79 Å². The highest BCUT2D eigenvalue weighted by Gasteiger charge is 2.67. The van der Waals surface area contributed by atoms with Gasteiger partial charge in [0.25, 0.3) is 0 Å². The van der Waals surface area contributed by atoms with E-state index < -0.39 is 16.2 Å². The third-order valence-corrected chi connectivity index (χ3v) is 7.90. The number of rotatable bonds is 8. The molecule has 0 aliphatic heterocycles. The van der Waals surface area contributed by atoms with Crippen LogP contribution in [0.25, 0.3) is 5.69 Å². The molecule has 1 aliphatic carbocycles. The minimum Gasteiger partial charge on any atom is -0.326 e. The molecule has 11 heteroatoms. The van der Waals surface area contributed by atoms with Crippen molar-refractivity contribution in [1.82, 2.24) is 20.1 Å². The zero-order valence-electron chi connectivity index (χ0n) is 19.1. The fourth-order valence-corrected chi connectivity index (χ4v) is 5.84. The van der Waals surface area contributed by atoms with Crippen LogP contribution in [-0.4, -0.2) is 25.0 Å². The summed E-state index contributed by atoms with van der Waals surface area (Å²) in [5.41, 5.74) is 4.20. The molecule has 1 heterocycles. The van der Waals surface area contributed by atoms with Crippen LogP contribution in [0.2, 0.25) is 15.1 Å². The summed E-state index contributed by atoms with van der Waals surface area (Å²) >= 11 is 31.6. The SMILES string of the molecule is O=C(Nc1ccc(Cl)c(CNCc2ccc(-n3cncn3)cc2)c1)C1C(c2cc(Cl)cc(Cl)c2)C1(Cl)Cl. The smallest absolute Gasteiger partial charge is 0.231 e. The van der Waals surface area contributed by atoms with Crippen LogP contribution in [0.5, 0.6) is 0 Å². The van der Waals surface area contributed by atoms with Gasteiger partial charge in [0, 0.05) is 39.8 Å². The molecule has 37 heavy (non-hydrogen) atoms. The molecule has 0 saturated heterocycles. The van der Waals surface area contributed by atoms with Gasteiger partial charge in [0.05, 0.1) is 11.6 Å². The Hall–Kier alpha value is -2.32. The van der Waals surface area contributed by atoms with Gasteiger partial charge in [0.15, 0.2) is 0 Å². The van der Waals surface area contributed by atoms with Crippen LogP contribution in [0.1, 0.15) is 22.6 Å². The summed E-state index contributed by atoms with van der Waals surface area (Å²) in [6, 6.07) is 18.4. The summed E-state index contributed by atoms with van der Waals surface area (Å²) in [6.07, 6.45) is 3.15. The maximum Gasteiger partial charge on any atom is 0.231 e. The molecule has 6 nitrogen and oxygen atoms in total. The van der Waals surface area contributed by atoms with E-state index in [0.717, 1.165) is 22.4 Å². The predicted octanol–water partition coefficient (Wildman–Crippen LogP) is 7.04. The lowest BCUT2D eigenvalue weighted by Crippen LogP contribution is -2.18. The number of nitrogens with zero attached hydrogens (tertiary/aromatic N) is 3. The van der Waals surface area contributed by atoms with E-state index in [1.54, 1.807) is 41.3 Å². The van der Waals surface area contributed by atoms with Crippen molar-refractivity contribution >= 4 is 69.6 Å². The monoisotopic (exact) mass is 593 g/mol. The number of halogens is 5. The average Bonchev–Trinajstić information content (AvgIpc) is 3.17. The van der Waals surface area contributed by atoms with Gasteiger partial charge in [-0.2, -0.15) is 5.10 Å². The Kier molecular flexibility index (Phi) is 7.68. The molecule has 5 rings (SSSR count). The van der Waals surface area contributed by atoms with Gasteiger partial charge >= 0.3 is 0 Å². The summed E-state index contributed by atoms with van der Waals surface area (Å²) in [5.74, 6) is -1.36. The van der Waals surface area contributed by atoms with Crippen molar-refractivity contribution in [1.29, 1.82) is 0 Å². The highest BCUT2D eigenvalue weighted by molar-refractivity contribution is 6.53. The first-order chi connectivity index (χ1) is 17.7. The van der Waals surface area contributed by atoms with Gasteiger partial charge in [0.2, 0.25) is 5.91 Å². The molecule has 2 N–H and O–H groups in total. The van der Waals surface area contributed by atoms with Gasteiger partial charge in [-0.15, -0.1) is 23.2 Å². The predicted molar refractivity (Wildman–Crippen MR) is 149 cm³/mol. The number of amides is 1. The maximum atomic E-state index is 13.0. The fraction of sp³-hybridized carbons (Fsp3) is 0.192. The summed E-state index contributed by atoms with van der Waals surface area (Å²) in [7, 11) is 0. The molecule has 0 bridgehead atoms. The number of carbonyl (C=O) groups excluding carboxylic acids is 1. The van der Waals surface area contributed by atoms with E-state index in [0.29, 0.717) is 33.8 Å². The molecule has 0 radical (unpaired) electrons. The van der Waals surface area contributed by atoms with E-state index in [1.165, 1.54) is 6.33 Å². The van der Waals surface area contributed by atoms with Crippen molar-refractivity contribution < 1.29 is 4.79 Å². The molecule has 1 amide bonds. The van der Waals surface area contributed by atoms with Gasteiger partial charge < -0.3 is 10.6 Å². The third kappa shape index (κ3) is 5.90. The lowest BCUT2D eigenvalue weighted by molar-refractivity contribution is -0.117. The third-order valence-electron chi connectivity index (χ3n) is 6.16. The second-order valence-electron chi connectivity index (χ2n) is 8.74. The topological polar surface area (TPSA) is 71.8 Å². The minimum absolute atomic E-state index is 0.292. The number of aromatic nitrogens is 3. The highest BCUT2D eigenvalue weighted by atomic mass is 35.5. The Morgan fingerprint density at radius 2 is 1.68 bits per heavy atom. The molecule has 4 aromatic rings. The van der Waals surface area contributed by atoms with Crippen LogP contribution in [-0.2, 0) is 17.9 Å². The first kappa shape index (κ1) is 26.3. The normalized spacial score (nSPS) is 18.0. The molecule has 0 spiro atoms. The second-order valence-corrected chi connectivity index (χ2v) is 11.5. The van der Waals surface area contributed by atoms with Crippen LogP contribution in [0, 0.1) is 5.92 Å². The Bertz CT molecular complexity index is 1410. The van der Waals surface area contributed by atoms with E-state index >= 15 is 0 Å². The largest absolute Gasteiger partial charge is 0.326 e. The number of alkyl halides is 2. The lowest BCUT2D eigenvalue weighted by atomic mass is 10.1. The van der Waals surface area contributed by atoms with Crippen LogP contribution >= 0.6 is 58.0 Å². The van der Waals surface area contributed by atoms with Crippen LogP contribution in [0.4, 0.5) is 5.69 Å². The van der Waals surface area contributed by atoms with Crippen molar-refractivity contribution in [2.75, 3.05) is 5.32 Å². The Morgan fingerprint density at radius 3 is 2.35 bits per heavy atom. The van der Waals surface area contributed by atoms with E-state index in [9.17, 15) is 4.79 Å². The van der Waals surface area contributed by atoms with Crippen LogP contribution in [0.15, 0.2) is 73.3 Å². The molecule has 190 valence electrons. The number of hydrogen-bond donors (Lipinski definition) is 2. The highest BCUT2D eigenvalue weighted by Crippen LogP contribution is 2.65. The van der Waals surface area contributed by atoms with Gasteiger partial charge in [-0.1, -0.05) is 46.9 Å². The Labute approximate surface area is 238 Å². The maximum absolute atomic E-state index is 13.0. The number of carbonyl (C=O) groups is 1. The number of benzene rings is 3. The zero-order chi connectivity index (χ0) is 26.2. The van der Waals surface area contributed by atoms with E-state index in [2.05, 4.69) is 20.7 Å². The Balaban J connectivity index is 1.20. The summed E-state index contributed by atoms with van der Waals surface area (Å²) in [4.78, 5) is 17.0. The number of nitrogens with one attached hydrogen (secondary N) is 2. The first-order valence-corrected chi connectivity index (χ1v) is 13.2. The Morgan fingerprint density at radius 1 is 0.946 bits per heavy atom. The van der Waals surface area contributed by atoms with E-state index in [-0.39, 0.29) is 5.91 Å². The van der Waals surface area contributed by atoms with Crippen molar-refractivity contribution in [2.24, 2.45) is 5.92 Å². The molecule has 2 atom stereocenters. The van der Waals surface area contributed by atoms with E-state index in [4.69, 9.17) is 58.0 Å².